The van der Waals surface area contributed by atoms with Crippen LogP contribution in [-0.2, 0) is 23.2 Å². The average Bonchev–Trinajstić information content (AvgIpc) is 3.55. The van der Waals surface area contributed by atoms with Gasteiger partial charge in [0.15, 0.2) is 11.6 Å². The standard InChI is InChI=1S/C30H32F2N6O5/c1-18-26(20-13-21(17-39)29(40)36(2)15-20)35-38(22-7-5-4-6-8-22)28(18)34-30(41)33-25-16-37(11-12-42-3)43-27(25)19-9-10-23(31)24(32)14-19/h4-10,13-15,25,27,39H,11-12,16-17H2,1-3H3,(H2,33,34,41)/t25-,27+/m1/s1. The maximum Gasteiger partial charge on any atom is 0.320 e. The number of hydrogen-bond donors (Lipinski definition) is 3. The molecule has 2 aromatic carbocycles. The molecule has 43 heavy (non-hydrogen) atoms. The van der Waals surface area contributed by atoms with Gasteiger partial charge in [-0.05, 0) is 42.8 Å². The number of para-hydroxylation sites is 1. The zero-order chi connectivity index (χ0) is 30.7. The van der Waals surface area contributed by atoms with Gasteiger partial charge in [-0.15, -0.1) is 0 Å². The van der Waals surface area contributed by atoms with E-state index in [1.807, 2.05) is 30.3 Å². The van der Waals surface area contributed by atoms with E-state index in [4.69, 9.17) is 14.7 Å². The SMILES string of the molecule is COCCN1C[C@@H](NC(=O)Nc2c(C)c(-c3cc(CO)c(=O)n(C)c3)nn2-c2ccccc2)[C@H](c2ccc(F)c(F)c2)O1. The Labute approximate surface area is 246 Å². The number of nitrogens with zero attached hydrogens (tertiary/aromatic N) is 4. The van der Waals surface area contributed by atoms with Gasteiger partial charge < -0.3 is 19.7 Å². The number of carbonyl (C=O) groups is 1. The lowest BCUT2D eigenvalue weighted by Crippen LogP contribution is -2.42. The minimum atomic E-state index is -1.02. The number of ether oxygens (including phenoxy) is 1. The van der Waals surface area contributed by atoms with Crippen LogP contribution in [0.1, 0.15) is 22.8 Å². The molecule has 0 saturated carbocycles. The summed E-state index contributed by atoms with van der Waals surface area (Å²) in [5, 5.41) is 21.9. The van der Waals surface area contributed by atoms with E-state index in [1.165, 1.54) is 10.6 Å². The van der Waals surface area contributed by atoms with Crippen LogP contribution in [0.15, 0.2) is 65.6 Å². The fraction of sp³-hybridized carbons (Fsp3) is 0.300. The van der Waals surface area contributed by atoms with Gasteiger partial charge in [-0.2, -0.15) is 10.2 Å². The van der Waals surface area contributed by atoms with Crippen LogP contribution in [0.3, 0.4) is 0 Å². The van der Waals surface area contributed by atoms with Crippen LogP contribution < -0.4 is 16.2 Å². The van der Waals surface area contributed by atoms with E-state index in [2.05, 4.69) is 10.6 Å². The fourth-order valence-corrected chi connectivity index (χ4v) is 5.04. The van der Waals surface area contributed by atoms with Crippen molar-refractivity contribution in [1.29, 1.82) is 0 Å². The van der Waals surface area contributed by atoms with Gasteiger partial charge in [0.25, 0.3) is 5.56 Å². The maximum absolute atomic E-state index is 14.1. The molecule has 11 nitrogen and oxygen atoms in total. The van der Waals surface area contributed by atoms with Gasteiger partial charge in [0.1, 0.15) is 11.9 Å². The number of nitrogens with one attached hydrogen (secondary N) is 2. The summed E-state index contributed by atoms with van der Waals surface area (Å²) in [7, 11) is 3.14. The van der Waals surface area contributed by atoms with Gasteiger partial charge in [-0.3, -0.25) is 14.9 Å². The average molecular weight is 595 g/mol. The molecule has 0 aliphatic carbocycles. The molecule has 13 heteroatoms. The zero-order valence-electron chi connectivity index (χ0n) is 23.9. The fourth-order valence-electron chi connectivity index (χ4n) is 5.04. The van der Waals surface area contributed by atoms with Crippen LogP contribution in [0.4, 0.5) is 19.4 Å². The molecular weight excluding hydrogens is 562 g/mol. The van der Waals surface area contributed by atoms with Crippen molar-refractivity contribution in [2.45, 2.75) is 25.7 Å². The van der Waals surface area contributed by atoms with Crippen molar-refractivity contribution in [3.8, 4) is 16.9 Å². The molecule has 2 aromatic heterocycles. The highest BCUT2D eigenvalue weighted by molar-refractivity contribution is 5.91. The quantitative estimate of drug-likeness (QED) is 0.271. The molecule has 0 unspecified atom stereocenters. The number of hydrogen-bond acceptors (Lipinski definition) is 7. The van der Waals surface area contributed by atoms with Gasteiger partial charge in [0, 0.05) is 50.1 Å². The Bertz CT molecular complexity index is 1680. The number of urea groups is 1. The number of anilines is 1. The minimum Gasteiger partial charge on any atom is -0.391 e. The van der Waals surface area contributed by atoms with Crippen LogP contribution in [0.25, 0.3) is 16.9 Å². The smallest absolute Gasteiger partial charge is 0.320 e. The summed E-state index contributed by atoms with van der Waals surface area (Å²) >= 11 is 0. The van der Waals surface area contributed by atoms with Crippen LogP contribution in [0.5, 0.6) is 0 Å². The van der Waals surface area contributed by atoms with Crippen molar-refractivity contribution in [3.05, 3.63) is 99.5 Å². The molecule has 3 heterocycles. The highest BCUT2D eigenvalue weighted by atomic mass is 19.2. The van der Waals surface area contributed by atoms with E-state index >= 15 is 0 Å². The molecule has 1 aliphatic heterocycles. The molecule has 1 saturated heterocycles. The largest absolute Gasteiger partial charge is 0.391 e. The number of pyridine rings is 1. The number of aromatic nitrogens is 3. The van der Waals surface area contributed by atoms with E-state index in [1.54, 1.807) is 43.1 Å². The molecule has 2 atom stereocenters. The van der Waals surface area contributed by atoms with E-state index in [-0.39, 0.29) is 17.7 Å². The van der Waals surface area contributed by atoms with E-state index in [9.17, 15) is 23.5 Å². The van der Waals surface area contributed by atoms with Crippen LogP contribution >= 0.6 is 0 Å². The topological polar surface area (TPSA) is 123 Å². The molecule has 1 fully saturated rings. The molecular formula is C30H32F2N6O5. The molecule has 1 aliphatic rings. The first-order valence-electron chi connectivity index (χ1n) is 13.6. The Kier molecular flexibility index (Phi) is 8.97. The number of rotatable bonds is 9. The van der Waals surface area contributed by atoms with E-state index < -0.39 is 36.4 Å². The van der Waals surface area contributed by atoms with Gasteiger partial charge in [0.2, 0.25) is 0 Å². The number of aliphatic hydroxyl groups excluding tert-OH is 1. The number of aryl methyl sites for hydroxylation is 1. The highest BCUT2D eigenvalue weighted by Gasteiger charge is 2.37. The predicted molar refractivity (Wildman–Crippen MR) is 154 cm³/mol. The van der Waals surface area contributed by atoms with Crippen LogP contribution in [0.2, 0.25) is 0 Å². The number of carbonyl (C=O) groups excluding carboxylic acids is 1. The van der Waals surface area contributed by atoms with E-state index in [0.717, 1.165) is 12.1 Å². The number of hydroxylamine groups is 2. The first-order valence-corrected chi connectivity index (χ1v) is 13.6. The first kappa shape index (κ1) is 30.0. The molecule has 226 valence electrons. The van der Waals surface area contributed by atoms with Gasteiger partial charge in [-0.1, -0.05) is 24.3 Å². The Morgan fingerprint density at radius 1 is 1.16 bits per heavy atom. The van der Waals surface area contributed by atoms with Crippen molar-refractivity contribution in [2.75, 3.05) is 32.1 Å². The summed E-state index contributed by atoms with van der Waals surface area (Å²) in [6.07, 6.45) is 0.836. The normalized spacial score (nSPS) is 16.9. The number of benzene rings is 2. The zero-order valence-corrected chi connectivity index (χ0v) is 23.9. The van der Waals surface area contributed by atoms with Crippen LogP contribution in [-0.4, -0.2) is 63.4 Å². The monoisotopic (exact) mass is 594 g/mol. The molecule has 5 rings (SSSR count). The number of methoxy groups -OCH3 is 1. The summed E-state index contributed by atoms with van der Waals surface area (Å²) in [5.74, 6) is -1.62. The summed E-state index contributed by atoms with van der Waals surface area (Å²) in [6.45, 7) is 2.39. The Morgan fingerprint density at radius 2 is 1.93 bits per heavy atom. The molecule has 3 N–H and O–H groups in total. The Balaban J connectivity index is 1.47. The lowest BCUT2D eigenvalue weighted by molar-refractivity contribution is -0.154. The van der Waals surface area contributed by atoms with Crippen molar-refractivity contribution in [2.24, 2.45) is 7.05 Å². The molecule has 4 aromatic rings. The summed E-state index contributed by atoms with van der Waals surface area (Å²) < 4.78 is 35.8. The summed E-state index contributed by atoms with van der Waals surface area (Å²) in [5.41, 5.74) is 2.63. The number of amides is 2. The molecule has 0 spiro atoms. The third kappa shape index (κ3) is 6.34. The van der Waals surface area contributed by atoms with Gasteiger partial charge in [-0.25, -0.2) is 18.3 Å². The third-order valence-corrected chi connectivity index (χ3v) is 7.22. The highest BCUT2D eigenvalue weighted by Crippen LogP contribution is 2.32. The molecule has 2 amide bonds. The second-order valence-corrected chi connectivity index (χ2v) is 10.2. The van der Waals surface area contributed by atoms with Crippen molar-refractivity contribution >= 4 is 11.8 Å². The molecule has 0 bridgehead atoms. The van der Waals surface area contributed by atoms with Gasteiger partial charge >= 0.3 is 6.03 Å². The second-order valence-electron chi connectivity index (χ2n) is 10.2. The molecule has 0 radical (unpaired) electrons. The maximum atomic E-state index is 14.1. The van der Waals surface area contributed by atoms with Gasteiger partial charge in [0.05, 0.1) is 30.6 Å². The summed E-state index contributed by atoms with van der Waals surface area (Å²) in [4.78, 5) is 31.8. The predicted octanol–water partition coefficient (Wildman–Crippen LogP) is 3.44. The number of aliphatic hydroxyl groups is 1. The lowest BCUT2D eigenvalue weighted by Gasteiger charge is -2.20. The second kappa shape index (κ2) is 12.8. The summed E-state index contributed by atoms with van der Waals surface area (Å²) in [6, 6.07) is 13.1. The van der Waals surface area contributed by atoms with Crippen molar-refractivity contribution in [3.63, 3.8) is 0 Å². The third-order valence-electron chi connectivity index (χ3n) is 7.22. The minimum absolute atomic E-state index is 0.212. The lowest BCUT2D eigenvalue weighted by atomic mass is 10.0. The van der Waals surface area contributed by atoms with Crippen LogP contribution in [0, 0.1) is 18.6 Å². The van der Waals surface area contributed by atoms with Crippen molar-refractivity contribution in [1.82, 2.24) is 24.7 Å². The van der Waals surface area contributed by atoms with E-state index in [0.29, 0.717) is 47.0 Å². The Morgan fingerprint density at radius 3 is 2.63 bits per heavy atom. The number of halogens is 2. The Hall–Kier alpha value is -4.43. The van der Waals surface area contributed by atoms with Crippen molar-refractivity contribution < 1.29 is 28.3 Å². The first-order chi connectivity index (χ1) is 20.7.